The molecule has 9 N–H and O–H groups in total. The predicted octanol–water partition coefficient (Wildman–Crippen LogP) is -5.16. The van der Waals surface area contributed by atoms with Crippen LogP contribution in [0.15, 0.2) is 0 Å². The molecule has 0 amide bonds. The molecule has 7 unspecified atom stereocenters. The van der Waals surface area contributed by atoms with Crippen molar-refractivity contribution in [1.82, 2.24) is 5.32 Å². The molecule has 0 radical (unpaired) electrons. The number of aliphatic hydroxyl groups is 8. The van der Waals surface area contributed by atoms with E-state index in [4.69, 9.17) is 9.84 Å². The van der Waals surface area contributed by atoms with Crippen molar-refractivity contribution in [3.05, 3.63) is 0 Å². The highest BCUT2D eigenvalue weighted by Crippen LogP contribution is 2.31. The van der Waals surface area contributed by atoms with E-state index in [-0.39, 0.29) is 0 Å². The minimum absolute atomic E-state index is 0.646. The van der Waals surface area contributed by atoms with Crippen molar-refractivity contribution in [1.29, 1.82) is 0 Å². The summed E-state index contributed by atoms with van der Waals surface area (Å²) in [4.78, 5) is 0. The van der Waals surface area contributed by atoms with Gasteiger partial charge in [-0.2, -0.15) is 0 Å². The lowest BCUT2D eigenvalue weighted by Gasteiger charge is -2.48. The van der Waals surface area contributed by atoms with Crippen molar-refractivity contribution in [2.45, 2.75) is 68.0 Å². The Kier molecular flexibility index (Phi) is 5.95. The fourth-order valence-corrected chi connectivity index (χ4v) is 3.29. The highest BCUT2D eigenvalue weighted by atomic mass is 16.6. The lowest BCUT2D eigenvalue weighted by molar-refractivity contribution is -0.289. The smallest absolute Gasteiger partial charge is 0.181 e. The molecular weight excluding hydrogens is 314 g/mol. The Hall–Kier alpha value is -0.400. The Morgan fingerprint density at radius 2 is 1.52 bits per heavy atom. The molecule has 10 nitrogen and oxygen atoms in total. The number of hydrogen-bond donors (Lipinski definition) is 9. The summed E-state index contributed by atoms with van der Waals surface area (Å²) in [5, 5.41) is 81.7. The second-order valence-corrected chi connectivity index (χ2v) is 6.25. The molecule has 2 aliphatic rings. The number of aliphatic hydroxyl groups excluding tert-OH is 8. The zero-order valence-corrected chi connectivity index (χ0v) is 12.5. The van der Waals surface area contributed by atoms with Gasteiger partial charge < -0.3 is 50.9 Å². The highest BCUT2D eigenvalue weighted by molar-refractivity contribution is 5.04. The van der Waals surface area contributed by atoms with Crippen molar-refractivity contribution < 1.29 is 45.6 Å². The van der Waals surface area contributed by atoms with E-state index in [1.165, 1.54) is 6.92 Å². The summed E-state index contributed by atoms with van der Waals surface area (Å²) in [6.07, 6.45) is -12.1. The fourth-order valence-electron chi connectivity index (χ4n) is 3.29. The van der Waals surface area contributed by atoms with Crippen LogP contribution in [0.5, 0.6) is 0 Å². The van der Waals surface area contributed by atoms with Crippen LogP contribution in [0.2, 0.25) is 0 Å². The Balaban J connectivity index is 2.21. The van der Waals surface area contributed by atoms with Crippen LogP contribution in [-0.2, 0) is 4.74 Å². The molecule has 0 bridgehead atoms. The second-order valence-electron chi connectivity index (χ2n) is 6.25. The third-order valence-corrected chi connectivity index (χ3v) is 4.75. The molecule has 23 heavy (non-hydrogen) atoms. The minimum atomic E-state index is -1.73. The summed E-state index contributed by atoms with van der Waals surface area (Å²) in [7, 11) is 0. The first-order chi connectivity index (χ1) is 10.7. The molecule has 0 aliphatic carbocycles. The van der Waals surface area contributed by atoms with Crippen molar-refractivity contribution in [2.24, 2.45) is 5.92 Å². The number of piperidine rings is 1. The van der Waals surface area contributed by atoms with E-state index >= 15 is 0 Å². The monoisotopic (exact) mass is 339 g/mol. The molecule has 2 heterocycles. The molecule has 136 valence electrons. The Labute approximate surface area is 132 Å². The van der Waals surface area contributed by atoms with E-state index in [0.29, 0.717) is 0 Å². The van der Waals surface area contributed by atoms with E-state index < -0.39 is 73.6 Å². The summed E-state index contributed by atoms with van der Waals surface area (Å²) in [5.74, 6) is -1.35. The minimum Gasteiger partial charge on any atom is -0.394 e. The molecular formula is C13H25NO9. The summed E-state index contributed by atoms with van der Waals surface area (Å²) in [6.45, 7) is 0.883. The predicted molar refractivity (Wildman–Crippen MR) is 73.9 cm³/mol. The largest absolute Gasteiger partial charge is 0.394 e. The van der Waals surface area contributed by atoms with Gasteiger partial charge in [0.05, 0.1) is 31.0 Å². The second kappa shape index (κ2) is 7.23. The lowest BCUT2D eigenvalue weighted by Crippen LogP contribution is -2.70. The molecule has 10 heteroatoms. The summed E-state index contributed by atoms with van der Waals surface area (Å²) < 4.78 is 4.84. The lowest BCUT2D eigenvalue weighted by atomic mass is 9.77. The van der Waals surface area contributed by atoms with Crippen molar-refractivity contribution in [3.8, 4) is 0 Å². The van der Waals surface area contributed by atoms with Gasteiger partial charge in [0.15, 0.2) is 6.29 Å². The number of rotatable bonds is 3. The van der Waals surface area contributed by atoms with Gasteiger partial charge >= 0.3 is 0 Å². The molecule has 11 atom stereocenters. The first kappa shape index (κ1) is 18.9. The zero-order chi connectivity index (χ0) is 17.5. The van der Waals surface area contributed by atoms with E-state index in [1.54, 1.807) is 0 Å². The average Bonchev–Trinajstić information content (AvgIpc) is 2.52. The standard InChI is InChI=1S/C13H25NO9/c1-3-7(16)12(21)11(20)6(14-3)9(18)5-8(17)4(2-15)23-13(22)10(5)19/h3-22H,2H2,1H3/t3?,4?,5?,6-,7-,8-,9?,10?,11?,12?,13+/m0/s1. The van der Waals surface area contributed by atoms with Crippen LogP contribution in [-0.4, -0.2) is 109 Å². The Morgan fingerprint density at radius 3 is 2.09 bits per heavy atom. The number of nitrogens with one attached hydrogen (secondary N) is 1. The van der Waals surface area contributed by atoms with E-state index in [1.807, 2.05) is 0 Å². The van der Waals surface area contributed by atoms with Crippen molar-refractivity contribution >= 4 is 0 Å². The Bertz CT molecular complexity index is 400. The normalized spacial score (nSPS) is 53.1. The van der Waals surface area contributed by atoms with Gasteiger partial charge in [-0.1, -0.05) is 0 Å². The van der Waals surface area contributed by atoms with Crippen LogP contribution >= 0.6 is 0 Å². The maximum atomic E-state index is 10.5. The first-order valence-electron chi connectivity index (χ1n) is 7.49. The zero-order valence-electron chi connectivity index (χ0n) is 12.5. The Morgan fingerprint density at radius 1 is 0.913 bits per heavy atom. The van der Waals surface area contributed by atoms with Crippen LogP contribution in [0.3, 0.4) is 0 Å². The molecule has 2 fully saturated rings. The van der Waals surface area contributed by atoms with Crippen molar-refractivity contribution in [3.63, 3.8) is 0 Å². The molecule has 2 aliphatic heterocycles. The summed E-state index contributed by atoms with van der Waals surface area (Å²) in [6, 6.07) is -1.84. The van der Waals surface area contributed by atoms with E-state index in [9.17, 15) is 35.7 Å². The SMILES string of the molecule is CC1N[C@@H](C(O)C2C(O)[C@H](O)OC(CO)[C@@H]2O)C(O)C(O)[C@H]1O. The van der Waals surface area contributed by atoms with Gasteiger partial charge in [0.25, 0.3) is 0 Å². The van der Waals surface area contributed by atoms with Gasteiger partial charge in [-0.05, 0) is 6.92 Å². The topological polar surface area (TPSA) is 183 Å². The van der Waals surface area contributed by atoms with Gasteiger partial charge in [-0.15, -0.1) is 0 Å². The maximum Gasteiger partial charge on any atom is 0.181 e. The van der Waals surface area contributed by atoms with Gasteiger partial charge in [0, 0.05) is 12.0 Å². The summed E-state index contributed by atoms with van der Waals surface area (Å²) >= 11 is 0. The molecule has 0 saturated carbocycles. The van der Waals surface area contributed by atoms with Crippen LogP contribution in [0.25, 0.3) is 0 Å². The van der Waals surface area contributed by atoms with Crippen LogP contribution in [0.1, 0.15) is 6.92 Å². The van der Waals surface area contributed by atoms with Gasteiger partial charge in [0.2, 0.25) is 0 Å². The maximum absolute atomic E-state index is 10.5. The van der Waals surface area contributed by atoms with Crippen molar-refractivity contribution in [2.75, 3.05) is 6.61 Å². The quantitative estimate of drug-likeness (QED) is 0.241. The summed E-state index contributed by atoms with van der Waals surface area (Å²) in [5.41, 5.74) is 0. The molecule has 0 aromatic heterocycles. The van der Waals surface area contributed by atoms with Crippen LogP contribution in [0, 0.1) is 5.92 Å². The van der Waals surface area contributed by atoms with Crippen LogP contribution in [0.4, 0.5) is 0 Å². The molecule has 0 aromatic carbocycles. The van der Waals surface area contributed by atoms with E-state index in [2.05, 4.69) is 5.32 Å². The highest BCUT2D eigenvalue weighted by Gasteiger charge is 2.52. The van der Waals surface area contributed by atoms with Crippen LogP contribution < -0.4 is 5.32 Å². The first-order valence-corrected chi connectivity index (χ1v) is 7.49. The molecule has 0 spiro atoms. The van der Waals surface area contributed by atoms with Gasteiger partial charge in [-0.3, -0.25) is 0 Å². The van der Waals surface area contributed by atoms with E-state index in [0.717, 1.165) is 0 Å². The number of hydrogen-bond acceptors (Lipinski definition) is 10. The third kappa shape index (κ3) is 3.37. The fraction of sp³-hybridized carbons (Fsp3) is 1.00. The molecule has 0 aromatic rings. The number of ether oxygens (including phenoxy) is 1. The third-order valence-electron chi connectivity index (χ3n) is 4.75. The van der Waals surface area contributed by atoms with Gasteiger partial charge in [0.1, 0.15) is 24.4 Å². The van der Waals surface area contributed by atoms with Gasteiger partial charge in [-0.25, -0.2) is 0 Å². The molecule has 2 saturated heterocycles. The molecule has 2 rings (SSSR count). The average molecular weight is 339 g/mol.